The first-order valence-electron chi connectivity index (χ1n) is 3.02. The van der Waals surface area contributed by atoms with E-state index in [1.54, 1.807) is 0 Å². The molecule has 12 heavy (non-hydrogen) atoms. The van der Waals surface area contributed by atoms with Gasteiger partial charge in [-0.3, -0.25) is 0 Å². The van der Waals surface area contributed by atoms with E-state index in [4.69, 9.17) is 0 Å². The highest BCUT2D eigenvalue weighted by Gasteiger charge is 2.12. The van der Waals surface area contributed by atoms with Crippen molar-refractivity contribution in [1.29, 1.82) is 0 Å². The number of pyridine rings is 1. The van der Waals surface area contributed by atoms with Gasteiger partial charge in [0.15, 0.2) is 0 Å². The summed E-state index contributed by atoms with van der Waals surface area (Å²) in [5.74, 6) is -3.46. The van der Waals surface area contributed by atoms with Crippen molar-refractivity contribution in [3.63, 3.8) is 0 Å². The zero-order chi connectivity index (χ0) is 9.14. The summed E-state index contributed by atoms with van der Waals surface area (Å²) in [7, 11) is 1.22. The van der Waals surface area contributed by atoms with Crippen LogP contribution in [0.3, 0.4) is 0 Å². The van der Waals surface area contributed by atoms with Gasteiger partial charge in [0.25, 0.3) is 0 Å². The molecule has 0 fully saturated rings. The Morgan fingerprint density at radius 1 is 1.42 bits per heavy atom. The number of nitrogens with zero attached hydrogens (tertiary/aromatic N) is 1. The average Bonchev–Trinajstić information content (AvgIpc) is 1.96. The summed E-state index contributed by atoms with van der Waals surface area (Å²) >= 11 is 0. The second-order valence-corrected chi connectivity index (χ2v) is 1.98. The number of halogens is 3. The van der Waals surface area contributed by atoms with Crippen LogP contribution in [0.5, 0.6) is 0 Å². The highest BCUT2D eigenvalue weighted by Crippen LogP contribution is 2.13. The Kier molecular flexibility index (Phi) is 2.65. The standard InChI is InChI=1S/C7H5F3NO/c1-12-3-4-5(8)2-6(9)11-7(4)10/h2-3H,1H3. The molecule has 1 radical (unpaired) electrons. The molecule has 0 N–H and O–H groups in total. The van der Waals surface area contributed by atoms with Crippen LogP contribution in [0.15, 0.2) is 6.07 Å². The molecule has 0 amide bonds. The van der Waals surface area contributed by atoms with Crippen LogP contribution in [0.4, 0.5) is 13.2 Å². The molecule has 0 saturated heterocycles. The van der Waals surface area contributed by atoms with Gasteiger partial charge in [0.05, 0.1) is 5.56 Å². The summed E-state index contributed by atoms with van der Waals surface area (Å²) in [4.78, 5) is 2.77. The van der Waals surface area contributed by atoms with Crippen molar-refractivity contribution in [1.82, 2.24) is 4.98 Å². The van der Waals surface area contributed by atoms with Gasteiger partial charge in [-0.1, -0.05) is 0 Å². The van der Waals surface area contributed by atoms with E-state index in [1.807, 2.05) is 0 Å². The van der Waals surface area contributed by atoms with Crippen molar-refractivity contribution in [3.8, 4) is 0 Å². The largest absolute Gasteiger partial charge is 0.373 e. The zero-order valence-electron chi connectivity index (χ0n) is 6.14. The van der Waals surface area contributed by atoms with E-state index < -0.39 is 23.3 Å². The molecule has 1 rings (SSSR count). The normalized spacial score (nSPS) is 10.3. The summed E-state index contributed by atoms with van der Waals surface area (Å²) in [5.41, 5.74) is -0.487. The van der Waals surface area contributed by atoms with E-state index in [-0.39, 0.29) is 0 Å². The van der Waals surface area contributed by atoms with Crippen LogP contribution >= 0.6 is 0 Å². The molecular formula is C7H5F3NO. The molecule has 0 spiro atoms. The topological polar surface area (TPSA) is 22.1 Å². The fourth-order valence-corrected chi connectivity index (χ4v) is 0.690. The Morgan fingerprint density at radius 2 is 2.08 bits per heavy atom. The molecule has 2 nitrogen and oxygen atoms in total. The Hall–Kier alpha value is -1.10. The lowest BCUT2D eigenvalue weighted by molar-refractivity contribution is 0.283. The van der Waals surface area contributed by atoms with E-state index in [9.17, 15) is 13.2 Å². The number of methoxy groups -OCH3 is 1. The van der Waals surface area contributed by atoms with Gasteiger partial charge >= 0.3 is 0 Å². The highest BCUT2D eigenvalue weighted by molar-refractivity contribution is 5.19. The lowest BCUT2D eigenvalue weighted by Gasteiger charge is -2.00. The third kappa shape index (κ3) is 1.73. The van der Waals surface area contributed by atoms with Crippen molar-refractivity contribution in [3.05, 3.63) is 35.9 Å². The quantitative estimate of drug-likeness (QED) is 0.639. The average molecular weight is 176 g/mol. The number of ether oxygens (including phenoxy) is 1. The number of aromatic nitrogens is 1. The van der Waals surface area contributed by atoms with Crippen LogP contribution in [-0.4, -0.2) is 12.1 Å². The molecule has 1 aromatic rings. The van der Waals surface area contributed by atoms with Gasteiger partial charge in [-0.05, 0) is 0 Å². The lowest BCUT2D eigenvalue weighted by Crippen LogP contribution is -2.00. The second-order valence-electron chi connectivity index (χ2n) is 1.98. The Morgan fingerprint density at radius 3 is 2.58 bits per heavy atom. The van der Waals surface area contributed by atoms with Gasteiger partial charge in [-0.25, -0.2) is 4.39 Å². The molecular weight excluding hydrogens is 171 g/mol. The predicted molar refractivity (Wildman–Crippen MR) is 34.5 cm³/mol. The molecule has 5 heteroatoms. The smallest absolute Gasteiger partial charge is 0.224 e. The minimum absolute atomic E-state index is 0.480. The lowest BCUT2D eigenvalue weighted by atomic mass is 10.3. The first-order chi connectivity index (χ1) is 5.65. The van der Waals surface area contributed by atoms with Crippen LogP contribution in [0.2, 0.25) is 0 Å². The maximum atomic E-state index is 12.7. The molecule has 0 aliphatic carbocycles. The van der Waals surface area contributed by atoms with Crippen LogP contribution in [0, 0.1) is 24.3 Å². The summed E-state index contributed by atoms with van der Waals surface area (Å²) in [6, 6.07) is 0.480. The molecule has 0 atom stereocenters. The Bertz CT molecular complexity index is 267. The zero-order valence-corrected chi connectivity index (χ0v) is 6.14. The van der Waals surface area contributed by atoms with Gasteiger partial charge in [0, 0.05) is 13.2 Å². The summed E-state index contributed by atoms with van der Waals surface area (Å²) < 4.78 is 41.8. The van der Waals surface area contributed by atoms with Crippen LogP contribution in [0.1, 0.15) is 5.56 Å². The molecule has 0 saturated carbocycles. The summed E-state index contributed by atoms with van der Waals surface area (Å²) in [6.07, 6.45) is 0. The Balaban J connectivity index is 3.10. The number of hydrogen-bond acceptors (Lipinski definition) is 2. The van der Waals surface area contributed by atoms with Crippen molar-refractivity contribution in [2.24, 2.45) is 0 Å². The minimum Gasteiger partial charge on any atom is -0.373 e. The van der Waals surface area contributed by atoms with Gasteiger partial charge in [-0.2, -0.15) is 13.8 Å². The molecule has 0 unspecified atom stereocenters. The van der Waals surface area contributed by atoms with Gasteiger partial charge in [0.1, 0.15) is 12.4 Å². The maximum absolute atomic E-state index is 12.7. The molecule has 1 aromatic heterocycles. The van der Waals surface area contributed by atoms with Gasteiger partial charge in [0.2, 0.25) is 11.9 Å². The third-order valence-electron chi connectivity index (χ3n) is 1.17. The van der Waals surface area contributed by atoms with Crippen LogP contribution in [-0.2, 0) is 4.74 Å². The molecule has 0 bridgehead atoms. The van der Waals surface area contributed by atoms with Crippen molar-refractivity contribution < 1.29 is 17.9 Å². The van der Waals surface area contributed by atoms with E-state index in [2.05, 4.69) is 9.72 Å². The molecule has 0 aliphatic rings. The predicted octanol–water partition coefficient (Wildman–Crippen LogP) is 1.66. The van der Waals surface area contributed by atoms with Gasteiger partial charge in [-0.15, -0.1) is 0 Å². The summed E-state index contributed by atoms with van der Waals surface area (Å²) in [6.45, 7) is 0.817. The first-order valence-corrected chi connectivity index (χ1v) is 3.02. The maximum Gasteiger partial charge on any atom is 0.224 e. The van der Waals surface area contributed by atoms with Crippen molar-refractivity contribution in [2.75, 3.05) is 7.11 Å². The first kappa shape index (κ1) is 8.99. The fraction of sp³-hybridized carbons (Fsp3) is 0.143. The third-order valence-corrected chi connectivity index (χ3v) is 1.17. The van der Waals surface area contributed by atoms with Crippen molar-refractivity contribution in [2.45, 2.75) is 0 Å². The molecule has 65 valence electrons. The van der Waals surface area contributed by atoms with E-state index in [0.29, 0.717) is 6.07 Å². The SMILES string of the molecule is CO[CH]c1c(F)cc(F)nc1F. The van der Waals surface area contributed by atoms with Crippen LogP contribution < -0.4 is 0 Å². The second kappa shape index (κ2) is 3.53. The Labute approximate surface area is 67.0 Å². The fourth-order valence-electron chi connectivity index (χ4n) is 0.690. The summed E-state index contributed by atoms with van der Waals surface area (Å²) in [5, 5.41) is 0. The van der Waals surface area contributed by atoms with E-state index >= 15 is 0 Å². The van der Waals surface area contributed by atoms with Crippen molar-refractivity contribution >= 4 is 0 Å². The van der Waals surface area contributed by atoms with E-state index in [0.717, 1.165) is 6.61 Å². The molecule has 0 aromatic carbocycles. The van der Waals surface area contributed by atoms with Crippen LogP contribution in [0.25, 0.3) is 0 Å². The number of rotatable bonds is 2. The highest BCUT2D eigenvalue weighted by atomic mass is 19.1. The van der Waals surface area contributed by atoms with Gasteiger partial charge < -0.3 is 4.74 Å². The molecule has 0 aliphatic heterocycles. The minimum atomic E-state index is -1.23. The molecule has 1 heterocycles. The van der Waals surface area contributed by atoms with E-state index in [1.165, 1.54) is 7.11 Å². The monoisotopic (exact) mass is 176 g/mol. The number of hydrogen-bond donors (Lipinski definition) is 0.